The number of allylic oxidation sites excluding steroid dienone is 3. The fourth-order valence-corrected chi connectivity index (χ4v) is 10.6. The van der Waals surface area contributed by atoms with Crippen molar-refractivity contribution in [3.63, 3.8) is 0 Å². The van der Waals surface area contributed by atoms with E-state index in [0.29, 0.717) is 12.3 Å². The zero-order valence-electron chi connectivity index (χ0n) is 26.4. The molecule has 0 aromatic carbocycles. The van der Waals surface area contributed by atoms with Crippen LogP contribution in [0.1, 0.15) is 99.3 Å². The molecule has 5 rings (SSSR count). The van der Waals surface area contributed by atoms with Crippen LogP contribution in [0.25, 0.3) is 0 Å². The molecule has 8 atom stereocenters. The highest BCUT2D eigenvalue weighted by Crippen LogP contribution is 2.73. The number of hydrogen-bond donors (Lipinski definition) is 0. The number of nitriles is 1. The van der Waals surface area contributed by atoms with Crippen molar-refractivity contribution >= 4 is 11.7 Å². The SMILES string of the molecule is C=C(C)[C@@H]1CC[C@]2(C)[C@H](C(=O)C=C3[C@@H]4C[C@](C)(C(=O)N5CCN(C)CC5)CC[C@]4(C)CC[C@]32C)[C@@]1(C)CCC#N. The summed E-state index contributed by atoms with van der Waals surface area (Å²) in [5.74, 6) is 1.00. The summed E-state index contributed by atoms with van der Waals surface area (Å²) in [4.78, 5) is 32.9. The number of carbonyl (C=O) groups excluding carboxylic acids is 2. The molecule has 4 fully saturated rings. The van der Waals surface area contributed by atoms with Gasteiger partial charge in [0, 0.05) is 43.9 Å². The molecule has 0 aromatic rings. The number of piperazine rings is 1. The molecule has 0 radical (unpaired) electrons. The highest BCUT2D eigenvalue weighted by Gasteiger charge is 2.68. The summed E-state index contributed by atoms with van der Waals surface area (Å²) in [6.45, 7) is 21.8. The number of rotatable bonds is 4. The smallest absolute Gasteiger partial charge is 0.228 e. The average Bonchev–Trinajstić information content (AvgIpc) is 2.89. The molecule has 0 aromatic heterocycles. The Bertz CT molecular complexity index is 1160. The molecule has 220 valence electrons. The lowest BCUT2D eigenvalue weighted by Crippen LogP contribution is -2.64. The van der Waals surface area contributed by atoms with Gasteiger partial charge in [0.2, 0.25) is 5.91 Å². The fraction of sp³-hybridized carbons (Fsp3) is 0.800. The van der Waals surface area contributed by atoms with E-state index in [1.54, 1.807) is 0 Å². The Balaban J connectivity index is 1.54. The molecule has 5 heteroatoms. The summed E-state index contributed by atoms with van der Waals surface area (Å²) in [7, 11) is 2.13. The van der Waals surface area contributed by atoms with Crippen molar-refractivity contribution < 1.29 is 9.59 Å². The minimum absolute atomic E-state index is 0.0845. The molecule has 4 aliphatic carbocycles. The van der Waals surface area contributed by atoms with Crippen LogP contribution in [-0.2, 0) is 9.59 Å². The van der Waals surface area contributed by atoms with E-state index in [9.17, 15) is 14.9 Å². The van der Waals surface area contributed by atoms with Gasteiger partial charge in [0.1, 0.15) is 0 Å². The quantitative estimate of drug-likeness (QED) is 0.363. The van der Waals surface area contributed by atoms with E-state index in [4.69, 9.17) is 0 Å². The first kappa shape index (κ1) is 29.6. The molecule has 1 saturated heterocycles. The molecule has 3 saturated carbocycles. The molecule has 1 aliphatic heterocycles. The second kappa shape index (κ2) is 9.82. The number of carbonyl (C=O) groups is 2. The first-order chi connectivity index (χ1) is 18.7. The molecule has 0 bridgehead atoms. The minimum atomic E-state index is -0.376. The number of hydrogen-bond acceptors (Lipinski definition) is 4. The van der Waals surface area contributed by atoms with Gasteiger partial charge in [0.15, 0.2) is 5.78 Å². The van der Waals surface area contributed by atoms with Crippen LogP contribution in [0.5, 0.6) is 0 Å². The van der Waals surface area contributed by atoms with E-state index in [-0.39, 0.29) is 50.6 Å². The van der Waals surface area contributed by atoms with Crippen LogP contribution in [0.2, 0.25) is 0 Å². The van der Waals surface area contributed by atoms with Gasteiger partial charge in [-0.15, -0.1) is 0 Å². The number of amides is 1. The van der Waals surface area contributed by atoms with Gasteiger partial charge < -0.3 is 9.80 Å². The third kappa shape index (κ3) is 4.18. The third-order valence-corrected chi connectivity index (χ3v) is 13.5. The van der Waals surface area contributed by atoms with Crippen LogP contribution in [0.4, 0.5) is 0 Å². The van der Waals surface area contributed by atoms with Crippen LogP contribution in [0, 0.1) is 56.2 Å². The molecule has 5 aliphatic rings. The van der Waals surface area contributed by atoms with Gasteiger partial charge in [-0.05, 0) is 105 Å². The van der Waals surface area contributed by atoms with E-state index in [1.165, 1.54) is 5.57 Å². The lowest BCUT2D eigenvalue weighted by molar-refractivity contribution is -0.164. The lowest BCUT2D eigenvalue weighted by Gasteiger charge is -2.68. The van der Waals surface area contributed by atoms with E-state index < -0.39 is 0 Å². The number of fused-ring (bicyclic) bond motifs is 5. The predicted molar refractivity (Wildman–Crippen MR) is 160 cm³/mol. The van der Waals surface area contributed by atoms with Crippen LogP contribution in [0.15, 0.2) is 23.8 Å². The van der Waals surface area contributed by atoms with Crippen molar-refractivity contribution in [3.8, 4) is 6.07 Å². The first-order valence-corrected chi connectivity index (χ1v) is 15.9. The summed E-state index contributed by atoms with van der Waals surface area (Å²) in [5.41, 5.74) is 1.74. The lowest BCUT2D eigenvalue weighted by atomic mass is 9.35. The van der Waals surface area contributed by atoms with Gasteiger partial charge in [0.05, 0.1) is 6.07 Å². The van der Waals surface area contributed by atoms with Gasteiger partial charge in [-0.25, -0.2) is 0 Å². The molecule has 1 amide bonds. The van der Waals surface area contributed by atoms with Gasteiger partial charge in [0.25, 0.3) is 0 Å². The number of likely N-dealkylation sites (N-methyl/N-ethyl adjacent to an activating group) is 1. The predicted octanol–water partition coefficient (Wildman–Crippen LogP) is 6.80. The Kier molecular flexibility index (Phi) is 7.26. The van der Waals surface area contributed by atoms with Gasteiger partial charge in [-0.3, -0.25) is 9.59 Å². The van der Waals surface area contributed by atoms with Gasteiger partial charge in [-0.2, -0.15) is 5.26 Å². The molecular formula is C35H53N3O2. The van der Waals surface area contributed by atoms with Crippen molar-refractivity contribution in [1.29, 1.82) is 5.26 Å². The zero-order chi connectivity index (χ0) is 29.3. The van der Waals surface area contributed by atoms with E-state index in [0.717, 1.165) is 83.1 Å². The molecule has 0 N–H and O–H groups in total. The van der Waals surface area contributed by atoms with Crippen molar-refractivity contribution in [1.82, 2.24) is 9.80 Å². The van der Waals surface area contributed by atoms with Crippen LogP contribution in [0.3, 0.4) is 0 Å². The largest absolute Gasteiger partial charge is 0.340 e. The molecule has 40 heavy (non-hydrogen) atoms. The number of ketones is 1. The van der Waals surface area contributed by atoms with Crippen LogP contribution >= 0.6 is 0 Å². The maximum Gasteiger partial charge on any atom is 0.228 e. The minimum Gasteiger partial charge on any atom is -0.340 e. The second-order valence-corrected chi connectivity index (χ2v) is 15.9. The summed E-state index contributed by atoms with van der Waals surface area (Å²) >= 11 is 0. The first-order valence-electron chi connectivity index (χ1n) is 15.9. The molecule has 0 unspecified atom stereocenters. The Morgan fingerprint density at radius 2 is 1.70 bits per heavy atom. The molecule has 1 heterocycles. The standard InChI is InChI=1S/C35H53N3O2/c1-24(2)25-10-12-35(7)29(33(25,5)11-9-17-36)28(39)22-26-27-23-32(4,30(40)38-20-18-37(8)19-21-38)14-13-31(27,3)15-16-34(26,35)6/h22,25,27,29H,1,9-16,18-21,23H2,2-8H3/t25-,27-,29+,31+,32+,33-,34+,35+/m0/s1. The van der Waals surface area contributed by atoms with Crippen LogP contribution in [-0.4, -0.2) is 54.7 Å². The van der Waals surface area contributed by atoms with E-state index in [2.05, 4.69) is 77.1 Å². The summed E-state index contributed by atoms with van der Waals surface area (Å²) < 4.78 is 0. The monoisotopic (exact) mass is 547 g/mol. The maximum atomic E-state index is 14.5. The fourth-order valence-electron chi connectivity index (χ4n) is 10.6. The molecular weight excluding hydrogens is 494 g/mol. The van der Waals surface area contributed by atoms with E-state index in [1.807, 2.05) is 0 Å². The molecule has 0 spiro atoms. The normalized spacial score (nSPS) is 45.5. The Labute approximate surface area is 243 Å². The summed E-state index contributed by atoms with van der Waals surface area (Å²) in [6.07, 6.45) is 10.4. The van der Waals surface area contributed by atoms with Gasteiger partial charge >= 0.3 is 0 Å². The summed E-state index contributed by atoms with van der Waals surface area (Å²) in [6, 6.07) is 2.38. The van der Waals surface area contributed by atoms with Crippen molar-refractivity contribution in [2.24, 2.45) is 44.8 Å². The van der Waals surface area contributed by atoms with Crippen molar-refractivity contribution in [2.45, 2.75) is 99.3 Å². The van der Waals surface area contributed by atoms with Crippen molar-refractivity contribution in [3.05, 3.63) is 23.8 Å². The zero-order valence-corrected chi connectivity index (χ0v) is 26.4. The highest BCUT2D eigenvalue weighted by atomic mass is 16.2. The van der Waals surface area contributed by atoms with Gasteiger partial charge in [-0.1, -0.05) is 52.3 Å². The Morgan fingerprint density at radius 1 is 1.05 bits per heavy atom. The average molecular weight is 548 g/mol. The van der Waals surface area contributed by atoms with Crippen molar-refractivity contribution in [2.75, 3.05) is 33.2 Å². The topological polar surface area (TPSA) is 64.4 Å². The maximum absolute atomic E-state index is 14.5. The highest BCUT2D eigenvalue weighted by molar-refractivity contribution is 5.95. The summed E-state index contributed by atoms with van der Waals surface area (Å²) in [5, 5.41) is 9.56. The van der Waals surface area contributed by atoms with Crippen LogP contribution < -0.4 is 0 Å². The second-order valence-electron chi connectivity index (χ2n) is 15.9. The Morgan fingerprint density at radius 3 is 2.33 bits per heavy atom. The number of nitrogens with zero attached hydrogens (tertiary/aromatic N) is 3. The molecule has 5 nitrogen and oxygen atoms in total. The van der Waals surface area contributed by atoms with E-state index >= 15 is 0 Å². The Hall–Kier alpha value is -1.93. The third-order valence-electron chi connectivity index (χ3n) is 13.5.